The molecule has 98 valence electrons. The van der Waals surface area contributed by atoms with Gasteiger partial charge in [0.25, 0.3) is 5.89 Å². The number of aromatic nitrogens is 4. The van der Waals surface area contributed by atoms with Crippen molar-refractivity contribution < 1.29 is 4.52 Å². The summed E-state index contributed by atoms with van der Waals surface area (Å²) in [5.41, 5.74) is 1.82. The monoisotopic (exact) mass is 257 g/mol. The van der Waals surface area contributed by atoms with E-state index < -0.39 is 0 Å². The molecule has 6 heteroatoms. The van der Waals surface area contributed by atoms with Gasteiger partial charge in [0.2, 0.25) is 0 Å². The first kappa shape index (κ1) is 11.9. The third-order valence-corrected chi connectivity index (χ3v) is 3.11. The van der Waals surface area contributed by atoms with Crippen molar-refractivity contribution in [1.82, 2.24) is 25.1 Å². The molecule has 0 bridgehead atoms. The molecule has 0 spiro atoms. The molecule has 0 aliphatic carbocycles. The van der Waals surface area contributed by atoms with Gasteiger partial charge in [-0.3, -0.25) is 0 Å². The Morgan fingerprint density at radius 2 is 2.32 bits per heavy atom. The smallest absolute Gasteiger partial charge is 0.261 e. The highest BCUT2D eigenvalue weighted by atomic mass is 16.5. The first-order chi connectivity index (χ1) is 9.28. The average molecular weight is 257 g/mol. The van der Waals surface area contributed by atoms with Gasteiger partial charge in [0.1, 0.15) is 0 Å². The Morgan fingerprint density at radius 3 is 3.16 bits per heavy atom. The first-order valence-corrected chi connectivity index (χ1v) is 6.20. The molecule has 3 heterocycles. The van der Waals surface area contributed by atoms with Gasteiger partial charge in [-0.25, -0.2) is 4.52 Å². The summed E-state index contributed by atoms with van der Waals surface area (Å²) < 4.78 is 7.11. The number of hydrogen-bond donors (Lipinski definition) is 1. The fourth-order valence-electron chi connectivity index (χ4n) is 1.92. The van der Waals surface area contributed by atoms with Crippen molar-refractivity contribution in [2.45, 2.75) is 19.4 Å². The molecule has 1 atom stereocenters. The molecule has 1 unspecified atom stereocenters. The minimum Gasteiger partial charge on any atom is -0.334 e. The minimum atomic E-state index is 0.314. The van der Waals surface area contributed by atoms with Gasteiger partial charge in [-0.05, 0) is 26.1 Å². The van der Waals surface area contributed by atoms with Gasteiger partial charge < -0.3 is 9.84 Å². The standard InChI is InChI=1S/C13H15N5O/c1-9(14-2)7-12-16-13(19-17-12)10-8-15-18-6-4-3-5-11(10)18/h3-6,8-9,14H,7H2,1-2H3. The summed E-state index contributed by atoms with van der Waals surface area (Å²) in [6.07, 6.45) is 4.37. The summed E-state index contributed by atoms with van der Waals surface area (Å²) >= 11 is 0. The minimum absolute atomic E-state index is 0.314. The Hall–Kier alpha value is -2.21. The zero-order valence-electron chi connectivity index (χ0n) is 10.9. The molecule has 0 amide bonds. The largest absolute Gasteiger partial charge is 0.334 e. The maximum Gasteiger partial charge on any atom is 0.261 e. The van der Waals surface area contributed by atoms with E-state index in [0.29, 0.717) is 17.8 Å². The summed E-state index contributed by atoms with van der Waals surface area (Å²) in [7, 11) is 1.91. The lowest BCUT2D eigenvalue weighted by atomic mass is 10.2. The van der Waals surface area contributed by atoms with Crippen LogP contribution in [0.2, 0.25) is 0 Å². The molecule has 6 nitrogen and oxygen atoms in total. The molecule has 3 aromatic heterocycles. The summed E-state index contributed by atoms with van der Waals surface area (Å²) in [6.45, 7) is 2.07. The second kappa shape index (κ2) is 4.81. The second-order valence-electron chi connectivity index (χ2n) is 4.50. The van der Waals surface area contributed by atoms with Crippen molar-refractivity contribution in [2.24, 2.45) is 0 Å². The van der Waals surface area contributed by atoms with E-state index in [-0.39, 0.29) is 0 Å². The van der Waals surface area contributed by atoms with Gasteiger partial charge in [0, 0.05) is 18.7 Å². The van der Waals surface area contributed by atoms with Crippen LogP contribution in [-0.2, 0) is 6.42 Å². The molecular weight excluding hydrogens is 242 g/mol. The second-order valence-corrected chi connectivity index (χ2v) is 4.50. The van der Waals surface area contributed by atoms with Crippen LogP contribution in [0.15, 0.2) is 35.1 Å². The zero-order chi connectivity index (χ0) is 13.2. The van der Waals surface area contributed by atoms with E-state index in [1.54, 1.807) is 10.7 Å². The molecule has 0 aliphatic rings. The van der Waals surface area contributed by atoms with Crippen LogP contribution in [0.5, 0.6) is 0 Å². The van der Waals surface area contributed by atoms with Gasteiger partial charge in [-0.15, -0.1) is 0 Å². The lowest BCUT2D eigenvalue weighted by Gasteiger charge is -2.04. The lowest BCUT2D eigenvalue weighted by molar-refractivity contribution is 0.418. The quantitative estimate of drug-likeness (QED) is 0.767. The highest BCUT2D eigenvalue weighted by Gasteiger charge is 2.14. The molecule has 1 N–H and O–H groups in total. The molecule has 19 heavy (non-hydrogen) atoms. The number of nitrogens with one attached hydrogen (secondary N) is 1. The van der Waals surface area contributed by atoms with Crippen molar-refractivity contribution in [3.8, 4) is 11.5 Å². The Balaban J connectivity index is 1.94. The molecule has 3 rings (SSSR count). The van der Waals surface area contributed by atoms with E-state index in [0.717, 1.165) is 17.5 Å². The maximum absolute atomic E-state index is 5.32. The third-order valence-electron chi connectivity index (χ3n) is 3.11. The fraction of sp³-hybridized carbons (Fsp3) is 0.308. The molecule has 0 aliphatic heterocycles. The summed E-state index contributed by atoms with van der Waals surface area (Å²) in [6, 6.07) is 6.18. The maximum atomic E-state index is 5.32. The Morgan fingerprint density at radius 1 is 1.42 bits per heavy atom. The Kier molecular flexibility index (Phi) is 3.00. The van der Waals surface area contributed by atoms with Crippen LogP contribution in [0.3, 0.4) is 0 Å². The number of rotatable bonds is 4. The zero-order valence-corrected chi connectivity index (χ0v) is 10.9. The van der Waals surface area contributed by atoms with E-state index in [4.69, 9.17) is 4.52 Å². The van der Waals surface area contributed by atoms with Crippen LogP contribution in [0.4, 0.5) is 0 Å². The van der Waals surface area contributed by atoms with Gasteiger partial charge in [0.05, 0.1) is 17.3 Å². The van der Waals surface area contributed by atoms with Crippen molar-refractivity contribution in [3.05, 3.63) is 36.4 Å². The summed E-state index contributed by atoms with van der Waals surface area (Å²) in [5, 5.41) is 11.4. The van der Waals surface area contributed by atoms with E-state index in [1.165, 1.54) is 0 Å². The topological polar surface area (TPSA) is 68.2 Å². The van der Waals surface area contributed by atoms with Gasteiger partial charge in [-0.1, -0.05) is 11.2 Å². The van der Waals surface area contributed by atoms with Crippen molar-refractivity contribution in [3.63, 3.8) is 0 Å². The molecule has 0 aromatic carbocycles. The lowest BCUT2D eigenvalue weighted by Crippen LogP contribution is -2.24. The van der Waals surface area contributed by atoms with Crippen LogP contribution < -0.4 is 5.32 Å². The van der Waals surface area contributed by atoms with E-state index >= 15 is 0 Å². The van der Waals surface area contributed by atoms with Gasteiger partial charge >= 0.3 is 0 Å². The first-order valence-electron chi connectivity index (χ1n) is 6.20. The van der Waals surface area contributed by atoms with Crippen LogP contribution >= 0.6 is 0 Å². The summed E-state index contributed by atoms with van der Waals surface area (Å²) in [4.78, 5) is 4.42. The SMILES string of the molecule is CNC(C)Cc1noc(-c2cnn3ccccc23)n1. The van der Waals surface area contributed by atoms with Crippen LogP contribution in [0, 0.1) is 0 Å². The third kappa shape index (κ3) is 2.22. The molecule has 0 radical (unpaired) electrons. The number of fused-ring (bicyclic) bond motifs is 1. The van der Waals surface area contributed by atoms with Crippen LogP contribution in [-0.4, -0.2) is 32.8 Å². The number of hydrogen-bond acceptors (Lipinski definition) is 5. The predicted molar refractivity (Wildman–Crippen MR) is 70.7 cm³/mol. The highest BCUT2D eigenvalue weighted by Crippen LogP contribution is 2.22. The van der Waals surface area contributed by atoms with Crippen molar-refractivity contribution >= 4 is 5.52 Å². The molecule has 0 fully saturated rings. The Bertz CT molecular complexity index is 687. The number of nitrogens with zero attached hydrogens (tertiary/aromatic N) is 4. The van der Waals surface area contributed by atoms with E-state index in [9.17, 15) is 0 Å². The summed E-state index contributed by atoms with van der Waals surface area (Å²) in [5.74, 6) is 1.21. The average Bonchev–Trinajstić information content (AvgIpc) is 3.04. The molecular formula is C13H15N5O. The molecule has 3 aromatic rings. The Labute approximate surface area is 110 Å². The predicted octanol–water partition coefficient (Wildman–Crippen LogP) is 1.53. The van der Waals surface area contributed by atoms with Crippen molar-refractivity contribution in [1.29, 1.82) is 0 Å². The van der Waals surface area contributed by atoms with Gasteiger partial charge in [0.15, 0.2) is 5.82 Å². The fourth-order valence-corrected chi connectivity index (χ4v) is 1.92. The van der Waals surface area contributed by atoms with E-state index in [1.807, 2.05) is 31.4 Å². The van der Waals surface area contributed by atoms with Crippen molar-refractivity contribution in [2.75, 3.05) is 7.05 Å². The number of likely N-dealkylation sites (N-methyl/N-ethyl adjacent to an activating group) is 1. The van der Waals surface area contributed by atoms with Crippen LogP contribution in [0.1, 0.15) is 12.7 Å². The normalized spacial score (nSPS) is 12.9. The molecule has 0 saturated carbocycles. The number of pyridine rings is 1. The van der Waals surface area contributed by atoms with Gasteiger partial charge in [-0.2, -0.15) is 10.1 Å². The molecule has 0 saturated heterocycles. The highest BCUT2D eigenvalue weighted by molar-refractivity contribution is 5.74. The van der Waals surface area contributed by atoms with E-state index in [2.05, 4.69) is 27.5 Å². The van der Waals surface area contributed by atoms with Crippen LogP contribution in [0.25, 0.3) is 17.0 Å².